The summed E-state index contributed by atoms with van der Waals surface area (Å²) in [5, 5.41) is 0. The van der Waals surface area contributed by atoms with Crippen molar-refractivity contribution in [2.24, 2.45) is 0 Å². The Labute approximate surface area is 111 Å². The van der Waals surface area contributed by atoms with E-state index in [0.29, 0.717) is 12.2 Å². The van der Waals surface area contributed by atoms with E-state index in [-0.39, 0.29) is 0 Å². The predicted octanol–water partition coefficient (Wildman–Crippen LogP) is 2.64. The van der Waals surface area contributed by atoms with Crippen LogP contribution in [0.4, 0.5) is 5.69 Å². The predicted molar refractivity (Wildman–Crippen MR) is 73.8 cm³/mol. The lowest BCUT2D eigenvalue weighted by Gasteiger charge is -2.35. The minimum atomic E-state index is 0.311. The van der Waals surface area contributed by atoms with Crippen LogP contribution in [0.15, 0.2) is 22.7 Å². The molecule has 1 aliphatic rings. The van der Waals surface area contributed by atoms with E-state index in [0.717, 1.165) is 29.8 Å². The van der Waals surface area contributed by atoms with Crippen molar-refractivity contribution in [3.05, 3.63) is 28.2 Å². The third-order valence-electron chi connectivity index (χ3n) is 2.97. The summed E-state index contributed by atoms with van der Waals surface area (Å²) in [5.74, 6) is 0. The maximum atomic E-state index is 5.74. The molecule has 2 rings (SSSR count). The number of nitrogens with zero attached hydrogens (tertiary/aromatic N) is 1. The van der Waals surface area contributed by atoms with Crippen LogP contribution in [-0.4, -0.2) is 30.2 Å². The molecule has 0 amide bonds. The van der Waals surface area contributed by atoms with Gasteiger partial charge in [0.05, 0.1) is 12.2 Å². The summed E-state index contributed by atoms with van der Waals surface area (Å²) in [6.45, 7) is 7.17. The van der Waals surface area contributed by atoms with Gasteiger partial charge in [-0.25, -0.2) is 0 Å². The van der Waals surface area contributed by atoms with Gasteiger partial charge >= 0.3 is 0 Å². The quantitative estimate of drug-likeness (QED) is 0.853. The highest BCUT2D eigenvalue weighted by Crippen LogP contribution is 2.22. The lowest BCUT2D eigenvalue weighted by molar-refractivity contribution is -0.0705. The molecule has 3 nitrogen and oxygen atoms in total. The van der Waals surface area contributed by atoms with E-state index >= 15 is 0 Å². The molecule has 0 radical (unpaired) electrons. The Morgan fingerprint density at radius 3 is 2.59 bits per heavy atom. The summed E-state index contributed by atoms with van der Waals surface area (Å²) in [6.07, 6.45) is 0.623. The van der Waals surface area contributed by atoms with Crippen LogP contribution in [0.25, 0.3) is 0 Å². The molecule has 1 heterocycles. The summed E-state index contributed by atoms with van der Waals surface area (Å²) >= 11 is 3.57. The van der Waals surface area contributed by atoms with Gasteiger partial charge in [-0.3, -0.25) is 4.90 Å². The fourth-order valence-corrected chi connectivity index (χ4v) is 2.87. The monoisotopic (exact) mass is 298 g/mol. The van der Waals surface area contributed by atoms with Crippen molar-refractivity contribution < 1.29 is 4.74 Å². The smallest absolute Gasteiger partial charge is 0.0678 e. The number of morpholine rings is 1. The molecule has 0 unspecified atom stereocenters. The first-order valence-electron chi connectivity index (χ1n) is 5.96. The number of halogens is 1. The van der Waals surface area contributed by atoms with Crippen LogP contribution < -0.4 is 5.73 Å². The van der Waals surface area contributed by atoms with Gasteiger partial charge in [-0.1, -0.05) is 22.0 Å². The zero-order valence-corrected chi connectivity index (χ0v) is 11.9. The third-order valence-corrected chi connectivity index (χ3v) is 3.70. The molecule has 94 valence electrons. The fraction of sp³-hybridized carbons (Fsp3) is 0.538. The highest BCUT2D eigenvalue weighted by atomic mass is 79.9. The van der Waals surface area contributed by atoms with Crippen molar-refractivity contribution in [1.82, 2.24) is 4.90 Å². The Morgan fingerprint density at radius 1 is 1.35 bits per heavy atom. The summed E-state index contributed by atoms with van der Waals surface area (Å²) in [7, 11) is 0. The number of anilines is 1. The molecular weight excluding hydrogens is 280 g/mol. The van der Waals surface area contributed by atoms with E-state index in [1.165, 1.54) is 5.56 Å². The van der Waals surface area contributed by atoms with Gasteiger partial charge in [0.1, 0.15) is 0 Å². The van der Waals surface area contributed by atoms with Crippen LogP contribution in [0.2, 0.25) is 0 Å². The molecule has 0 saturated carbocycles. The van der Waals surface area contributed by atoms with Crippen LogP contribution >= 0.6 is 15.9 Å². The third kappa shape index (κ3) is 3.44. The molecule has 1 aromatic rings. The number of benzene rings is 1. The summed E-state index contributed by atoms with van der Waals surface area (Å²) in [4.78, 5) is 2.43. The van der Waals surface area contributed by atoms with Crippen LogP contribution in [0.1, 0.15) is 19.4 Å². The van der Waals surface area contributed by atoms with E-state index in [1.54, 1.807) is 0 Å². The van der Waals surface area contributed by atoms with Gasteiger partial charge < -0.3 is 10.5 Å². The lowest BCUT2D eigenvalue weighted by atomic mass is 10.1. The minimum absolute atomic E-state index is 0.311. The number of rotatable bonds is 2. The van der Waals surface area contributed by atoms with Crippen LogP contribution in [0.5, 0.6) is 0 Å². The molecule has 2 atom stereocenters. The number of nitrogens with two attached hydrogens (primary N) is 1. The second-order valence-corrected chi connectivity index (χ2v) is 5.66. The summed E-state index contributed by atoms with van der Waals surface area (Å²) in [6, 6.07) is 6.00. The van der Waals surface area contributed by atoms with Crippen LogP contribution in [0.3, 0.4) is 0 Å². The molecule has 4 heteroatoms. The van der Waals surface area contributed by atoms with Crippen molar-refractivity contribution in [3.8, 4) is 0 Å². The van der Waals surface area contributed by atoms with Gasteiger partial charge in [0, 0.05) is 29.8 Å². The maximum Gasteiger partial charge on any atom is 0.0678 e. The van der Waals surface area contributed by atoms with Gasteiger partial charge in [-0.2, -0.15) is 0 Å². The molecule has 1 saturated heterocycles. The SMILES string of the molecule is C[C@@H]1CN(Cc2ccc(N)cc2Br)C[C@@H](C)O1. The lowest BCUT2D eigenvalue weighted by Crippen LogP contribution is -2.44. The van der Waals surface area contributed by atoms with Gasteiger partial charge in [-0.15, -0.1) is 0 Å². The standard InChI is InChI=1S/C13H19BrN2O/c1-9-6-16(7-10(2)17-9)8-11-3-4-12(15)5-13(11)14/h3-5,9-10H,6-8,15H2,1-2H3/t9-,10-/m1/s1. The van der Waals surface area contributed by atoms with Crippen molar-refractivity contribution >= 4 is 21.6 Å². The average molecular weight is 299 g/mol. The second kappa shape index (κ2) is 5.38. The topological polar surface area (TPSA) is 38.5 Å². The maximum absolute atomic E-state index is 5.74. The zero-order chi connectivity index (χ0) is 12.4. The average Bonchev–Trinajstić information content (AvgIpc) is 2.21. The fourth-order valence-electron chi connectivity index (χ4n) is 2.35. The Balaban J connectivity index is 2.04. The zero-order valence-electron chi connectivity index (χ0n) is 10.3. The largest absolute Gasteiger partial charge is 0.399 e. The van der Waals surface area contributed by atoms with Gasteiger partial charge in [0.25, 0.3) is 0 Å². The molecule has 17 heavy (non-hydrogen) atoms. The normalized spacial score (nSPS) is 26.1. The van der Waals surface area contributed by atoms with E-state index in [2.05, 4.69) is 40.7 Å². The van der Waals surface area contributed by atoms with E-state index in [1.807, 2.05) is 12.1 Å². The molecule has 0 aromatic heterocycles. The second-order valence-electron chi connectivity index (χ2n) is 4.80. The first-order chi connectivity index (χ1) is 8.04. The molecule has 1 fully saturated rings. The number of nitrogen functional groups attached to an aromatic ring is 1. The van der Waals surface area contributed by atoms with E-state index < -0.39 is 0 Å². The minimum Gasteiger partial charge on any atom is -0.399 e. The van der Waals surface area contributed by atoms with Crippen molar-refractivity contribution in [3.63, 3.8) is 0 Å². The molecule has 1 aromatic carbocycles. The summed E-state index contributed by atoms with van der Waals surface area (Å²) in [5.41, 5.74) is 7.82. The Hall–Kier alpha value is -0.580. The molecule has 0 bridgehead atoms. The molecule has 1 aliphatic heterocycles. The molecule has 2 N–H and O–H groups in total. The van der Waals surface area contributed by atoms with Crippen molar-refractivity contribution in [1.29, 1.82) is 0 Å². The van der Waals surface area contributed by atoms with Gasteiger partial charge in [-0.05, 0) is 31.5 Å². The van der Waals surface area contributed by atoms with E-state index in [9.17, 15) is 0 Å². The summed E-state index contributed by atoms with van der Waals surface area (Å²) < 4.78 is 6.82. The highest BCUT2D eigenvalue weighted by molar-refractivity contribution is 9.10. The van der Waals surface area contributed by atoms with Gasteiger partial charge in [0.2, 0.25) is 0 Å². The first-order valence-corrected chi connectivity index (χ1v) is 6.75. The van der Waals surface area contributed by atoms with Crippen LogP contribution in [-0.2, 0) is 11.3 Å². The molecular formula is C13H19BrN2O. The Morgan fingerprint density at radius 2 is 2.00 bits per heavy atom. The number of hydrogen-bond acceptors (Lipinski definition) is 3. The highest BCUT2D eigenvalue weighted by Gasteiger charge is 2.22. The van der Waals surface area contributed by atoms with Crippen molar-refractivity contribution in [2.45, 2.75) is 32.6 Å². The molecule has 0 spiro atoms. The Kier molecular flexibility index (Phi) is 4.07. The molecule has 0 aliphatic carbocycles. The number of ether oxygens (including phenoxy) is 1. The van der Waals surface area contributed by atoms with Gasteiger partial charge in [0.15, 0.2) is 0 Å². The first kappa shape index (κ1) is 12.9. The van der Waals surface area contributed by atoms with Crippen molar-refractivity contribution in [2.75, 3.05) is 18.8 Å². The van der Waals surface area contributed by atoms with E-state index in [4.69, 9.17) is 10.5 Å². The Bertz CT molecular complexity index is 387. The van der Waals surface area contributed by atoms with Crippen LogP contribution in [0, 0.1) is 0 Å². The number of hydrogen-bond donors (Lipinski definition) is 1.